The van der Waals surface area contributed by atoms with Crippen LogP contribution < -0.4 is 14.2 Å². The van der Waals surface area contributed by atoms with Crippen LogP contribution in [-0.4, -0.2) is 47.7 Å². The summed E-state index contributed by atoms with van der Waals surface area (Å²) in [6.07, 6.45) is -0.575. The number of ether oxygens (including phenoxy) is 3. The average molecular weight is 490 g/mol. The third-order valence-electron chi connectivity index (χ3n) is 5.96. The van der Waals surface area contributed by atoms with E-state index in [-0.39, 0.29) is 17.4 Å². The van der Waals surface area contributed by atoms with E-state index in [4.69, 9.17) is 19.2 Å². The highest BCUT2D eigenvalue weighted by Crippen LogP contribution is 2.45. The van der Waals surface area contributed by atoms with Crippen LogP contribution in [0.25, 0.3) is 21.8 Å². The van der Waals surface area contributed by atoms with Crippen molar-refractivity contribution in [2.75, 3.05) is 21.2 Å². The fourth-order valence-corrected chi connectivity index (χ4v) is 4.35. The van der Waals surface area contributed by atoms with Gasteiger partial charge in [-0.1, -0.05) is 50.2 Å². The number of benzene rings is 3. The molecule has 0 fully saturated rings. The number of hydrogen-bond acceptors (Lipinski definition) is 6. The number of fused-ring (bicyclic) bond motifs is 3. The number of aromatic nitrogens is 2. The molecule has 0 N–H and O–H groups in total. The molecule has 8 heteroatoms. The Labute approximate surface area is 210 Å². The molecule has 188 valence electrons. The highest BCUT2D eigenvalue weighted by atomic mass is 16.6. The molecule has 4 aromatic rings. The Hall–Kier alpha value is -4.07. The number of carbonyl (C=O) groups is 2. The number of methoxy groups -OCH3 is 1. The summed E-state index contributed by atoms with van der Waals surface area (Å²) < 4.78 is 19.0. The molecular weight excluding hydrogens is 458 g/mol. The van der Waals surface area contributed by atoms with E-state index in [9.17, 15) is 9.59 Å². The standard InChI is InChI=1S/C28H31N3O5/c1-16(2)27-29-23-20-10-8-9-11-21(20)25(36-28(33)30(5)6)26(35-18(4)32)24(23)31(27)15-19-12-13-22(34-7)17(3)14-19/h8-14,16H,15H2,1-7H3. The van der Waals surface area contributed by atoms with Gasteiger partial charge < -0.3 is 23.7 Å². The van der Waals surface area contributed by atoms with Crippen LogP contribution in [-0.2, 0) is 11.3 Å². The van der Waals surface area contributed by atoms with Crippen molar-refractivity contribution in [3.8, 4) is 17.2 Å². The smallest absolute Gasteiger partial charge is 0.414 e. The second-order valence-electron chi connectivity index (χ2n) is 9.27. The van der Waals surface area contributed by atoms with Crippen LogP contribution in [0.4, 0.5) is 4.79 Å². The molecule has 8 nitrogen and oxygen atoms in total. The van der Waals surface area contributed by atoms with Gasteiger partial charge in [-0.2, -0.15) is 0 Å². The minimum Gasteiger partial charge on any atom is -0.496 e. The van der Waals surface area contributed by atoms with E-state index in [1.807, 2.05) is 47.9 Å². The van der Waals surface area contributed by atoms with Gasteiger partial charge in [-0.05, 0) is 24.1 Å². The van der Waals surface area contributed by atoms with Crippen molar-refractivity contribution >= 4 is 33.9 Å². The number of imidazole rings is 1. The van der Waals surface area contributed by atoms with Gasteiger partial charge >= 0.3 is 12.1 Å². The van der Waals surface area contributed by atoms with Gasteiger partial charge in [0.2, 0.25) is 0 Å². The van der Waals surface area contributed by atoms with Gasteiger partial charge in [-0.25, -0.2) is 9.78 Å². The minimum atomic E-state index is -0.575. The van der Waals surface area contributed by atoms with Crippen molar-refractivity contribution in [1.82, 2.24) is 14.5 Å². The molecule has 0 saturated carbocycles. The van der Waals surface area contributed by atoms with Crippen LogP contribution in [0.5, 0.6) is 17.2 Å². The third kappa shape index (κ3) is 4.58. The maximum Gasteiger partial charge on any atom is 0.414 e. The molecule has 1 heterocycles. The number of carbonyl (C=O) groups excluding carboxylic acids is 2. The number of hydrogen-bond donors (Lipinski definition) is 0. The van der Waals surface area contributed by atoms with Crippen molar-refractivity contribution in [1.29, 1.82) is 0 Å². The van der Waals surface area contributed by atoms with Gasteiger partial charge in [0, 0.05) is 44.3 Å². The first-order valence-corrected chi connectivity index (χ1v) is 11.8. The summed E-state index contributed by atoms with van der Waals surface area (Å²) in [5.41, 5.74) is 3.32. The molecule has 0 radical (unpaired) electrons. The molecule has 3 aromatic carbocycles. The first-order chi connectivity index (χ1) is 17.1. The summed E-state index contributed by atoms with van der Waals surface area (Å²) in [7, 11) is 4.85. The van der Waals surface area contributed by atoms with E-state index in [0.717, 1.165) is 28.1 Å². The number of esters is 1. The molecule has 0 spiro atoms. The average Bonchev–Trinajstić information content (AvgIpc) is 3.20. The zero-order valence-corrected chi connectivity index (χ0v) is 21.7. The second-order valence-corrected chi connectivity index (χ2v) is 9.27. The van der Waals surface area contributed by atoms with E-state index in [0.29, 0.717) is 23.0 Å². The van der Waals surface area contributed by atoms with Gasteiger partial charge in [0.15, 0.2) is 11.5 Å². The molecule has 4 rings (SSSR count). The second kappa shape index (κ2) is 9.89. The van der Waals surface area contributed by atoms with Crippen LogP contribution in [0.2, 0.25) is 0 Å². The molecule has 36 heavy (non-hydrogen) atoms. The van der Waals surface area contributed by atoms with E-state index in [1.165, 1.54) is 11.8 Å². The largest absolute Gasteiger partial charge is 0.496 e. The molecule has 0 aliphatic heterocycles. The maximum absolute atomic E-state index is 12.6. The lowest BCUT2D eigenvalue weighted by Gasteiger charge is -2.18. The Morgan fingerprint density at radius 3 is 2.31 bits per heavy atom. The van der Waals surface area contributed by atoms with E-state index >= 15 is 0 Å². The van der Waals surface area contributed by atoms with Crippen LogP contribution in [0.1, 0.15) is 43.6 Å². The molecule has 0 bridgehead atoms. The summed E-state index contributed by atoms with van der Waals surface area (Å²) in [6.45, 7) is 7.93. The summed E-state index contributed by atoms with van der Waals surface area (Å²) in [6, 6.07) is 13.5. The lowest BCUT2D eigenvalue weighted by Crippen LogP contribution is -2.25. The highest BCUT2D eigenvalue weighted by molar-refractivity contribution is 6.12. The van der Waals surface area contributed by atoms with Gasteiger partial charge in [-0.15, -0.1) is 0 Å². The highest BCUT2D eigenvalue weighted by Gasteiger charge is 2.27. The lowest BCUT2D eigenvalue weighted by atomic mass is 10.1. The Morgan fingerprint density at radius 1 is 1.03 bits per heavy atom. The fraction of sp³-hybridized carbons (Fsp3) is 0.321. The molecule has 0 saturated heterocycles. The maximum atomic E-state index is 12.6. The van der Waals surface area contributed by atoms with E-state index in [2.05, 4.69) is 19.9 Å². The zero-order chi connectivity index (χ0) is 26.1. The Bertz CT molecular complexity index is 1470. The molecule has 1 aromatic heterocycles. The van der Waals surface area contributed by atoms with Gasteiger partial charge in [0.1, 0.15) is 22.6 Å². The molecule has 0 unspecified atom stereocenters. The Morgan fingerprint density at radius 2 is 1.72 bits per heavy atom. The van der Waals surface area contributed by atoms with Crippen molar-refractivity contribution in [3.05, 3.63) is 59.4 Å². The van der Waals surface area contributed by atoms with Crippen molar-refractivity contribution in [3.63, 3.8) is 0 Å². The SMILES string of the molecule is COc1ccc(Cn2c(C(C)C)nc3c4ccccc4c(OC(=O)N(C)C)c(OC(C)=O)c32)cc1C. The zero-order valence-electron chi connectivity index (χ0n) is 21.7. The first-order valence-electron chi connectivity index (χ1n) is 11.8. The summed E-state index contributed by atoms with van der Waals surface area (Å²) >= 11 is 0. The number of rotatable bonds is 6. The summed E-state index contributed by atoms with van der Waals surface area (Å²) in [5.74, 6) is 1.56. The van der Waals surface area contributed by atoms with Crippen molar-refractivity contribution in [2.45, 2.75) is 40.2 Å². The fourth-order valence-electron chi connectivity index (χ4n) is 4.35. The summed E-state index contributed by atoms with van der Waals surface area (Å²) in [4.78, 5) is 31.3. The summed E-state index contributed by atoms with van der Waals surface area (Å²) in [5, 5.41) is 1.44. The number of nitrogens with zero attached hydrogens (tertiary/aromatic N) is 3. The predicted octanol–water partition coefficient (Wildman–Crippen LogP) is 5.66. The normalized spacial score (nSPS) is 11.2. The van der Waals surface area contributed by atoms with Crippen LogP contribution in [0.3, 0.4) is 0 Å². The van der Waals surface area contributed by atoms with Gasteiger partial charge in [-0.3, -0.25) is 4.79 Å². The topological polar surface area (TPSA) is 82.9 Å². The van der Waals surface area contributed by atoms with Crippen LogP contribution >= 0.6 is 0 Å². The van der Waals surface area contributed by atoms with Crippen molar-refractivity contribution < 1.29 is 23.8 Å². The van der Waals surface area contributed by atoms with E-state index in [1.54, 1.807) is 21.2 Å². The molecule has 0 aliphatic rings. The Balaban J connectivity index is 2.08. The van der Waals surface area contributed by atoms with Gasteiger partial charge in [0.05, 0.1) is 7.11 Å². The molecular formula is C28H31N3O5. The first kappa shape index (κ1) is 25.0. The quantitative estimate of drug-likeness (QED) is 0.257. The van der Waals surface area contributed by atoms with Crippen LogP contribution in [0, 0.1) is 6.92 Å². The molecule has 0 aliphatic carbocycles. The third-order valence-corrected chi connectivity index (χ3v) is 5.96. The predicted molar refractivity (Wildman–Crippen MR) is 139 cm³/mol. The monoisotopic (exact) mass is 489 g/mol. The minimum absolute atomic E-state index is 0.0773. The molecule has 0 atom stereocenters. The van der Waals surface area contributed by atoms with Crippen molar-refractivity contribution in [2.24, 2.45) is 0 Å². The van der Waals surface area contributed by atoms with Gasteiger partial charge in [0.25, 0.3) is 0 Å². The lowest BCUT2D eigenvalue weighted by molar-refractivity contribution is -0.131. The Kier molecular flexibility index (Phi) is 6.88. The van der Waals surface area contributed by atoms with Crippen LogP contribution in [0.15, 0.2) is 42.5 Å². The number of amides is 1. The molecule has 1 amide bonds. The number of aryl methyl sites for hydroxylation is 1. The van der Waals surface area contributed by atoms with E-state index < -0.39 is 12.1 Å².